The van der Waals surface area contributed by atoms with E-state index in [0.29, 0.717) is 180 Å². The Labute approximate surface area is 574 Å². The fourth-order valence-corrected chi connectivity index (χ4v) is 12.3. The van der Waals surface area contributed by atoms with Crippen molar-refractivity contribution < 1.29 is 57.1 Å². The van der Waals surface area contributed by atoms with Crippen molar-refractivity contribution in [2.24, 2.45) is 0 Å². The summed E-state index contributed by atoms with van der Waals surface area (Å²) >= 11 is 0. The highest BCUT2D eigenvalue weighted by Crippen LogP contribution is 2.44. The van der Waals surface area contributed by atoms with Gasteiger partial charge in [-0.1, -0.05) is 72.8 Å². The molecule has 0 saturated carbocycles. The summed E-state index contributed by atoms with van der Waals surface area (Å²) in [6.07, 6.45) is 7.64. The molecule has 498 valence electrons. The summed E-state index contributed by atoms with van der Waals surface area (Å²) in [4.78, 5) is 76.9. The SMILES string of the molecule is COc1ccc(C(=O)Nc2ccccc2-c2c3nc(c(-c4ccccc4NC(=O)c4ccc(OC)c(OC)c4)c4ccc([nH]4)c(-c4ccccc4NC(=O)c4ccc(OC)c(OC)c4)c4nc(c(-c5ccccc5NC(=O)c5ccc(OC)c(OC)c5)c5ccc2[nH]5)C=C4)C=C3)cc1OC. The van der Waals surface area contributed by atoms with Crippen LogP contribution in [0.15, 0.2) is 194 Å². The van der Waals surface area contributed by atoms with Crippen molar-refractivity contribution in [3.05, 3.63) is 239 Å². The molecule has 0 aliphatic carbocycles. The Morgan fingerprint density at radius 3 is 0.690 bits per heavy atom. The van der Waals surface area contributed by atoms with Crippen LogP contribution in [0, 0.1) is 0 Å². The van der Waals surface area contributed by atoms with E-state index in [-0.39, 0.29) is 0 Å². The Morgan fingerprint density at radius 2 is 0.480 bits per heavy atom. The number of H-pyrrole nitrogens is 2. The Bertz CT molecular complexity index is 4680. The zero-order valence-electron chi connectivity index (χ0n) is 55.6. The van der Waals surface area contributed by atoms with E-state index in [1.165, 1.54) is 56.9 Å². The van der Waals surface area contributed by atoms with E-state index >= 15 is 0 Å². The molecular formula is C80H66N8O12. The first-order valence-electron chi connectivity index (χ1n) is 31.5. The third kappa shape index (κ3) is 12.9. The summed E-state index contributed by atoms with van der Waals surface area (Å²) in [5.74, 6) is 1.66. The lowest BCUT2D eigenvalue weighted by molar-refractivity contribution is 0.101. The molecular weight excluding hydrogens is 1260 g/mol. The molecule has 20 nitrogen and oxygen atoms in total. The lowest BCUT2D eigenvalue weighted by Gasteiger charge is -2.15. The van der Waals surface area contributed by atoms with Gasteiger partial charge in [-0.3, -0.25) is 19.2 Å². The molecule has 2 aliphatic rings. The summed E-state index contributed by atoms with van der Waals surface area (Å²) in [6.45, 7) is 0. The predicted molar refractivity (Wildman–Crippen MR) is 391 cm³/mol. The number of methoxy groups -OCH3 is 8. The number of nitrogens with one attached hydrogen (secondary N) is 6. The number of benzene rings is 8. The molecule has 0 radical (unpaired) electrons. The van der Waals surface area contributed by atoms with Crippen LogP contribution in [0.2, 0.25) is 0 Å². The first-order valence-corrected chi connectivity index (χ1v) is 31.5. The summed E-state index contributed by atoms with van der Waals surface area (Å²) in [7, 11) is 12.1. The molecule has 0 spiro atoms. The van der Waals surface area contributed by atoms with E-state index in [1.54, 1.807) is 72.8 Å². The summed E-state index contributed by atoms with van der Waals surface area (Å²) in [6, 6.07) is 57.3. The van der Waals surface area contributed by atoms with Crippen molar-refractivity contribution in [3.8, 4) is 90.5 Å². The molecule has 100 heavy (non-hydrogen) atoms. The van der Waals surface area contributed by atoms with Crippen LogP contribution < -0.4 is 59.2 Å². The molecule has 8 bridgehead atoms. The number of fused-ring (bicyclic) bond motifs is 8. The second-order valence-electron chi connectivity index (χ2n) is 22.8. The highest BCUT2D eigenvalue weighted by molar-refractivity contribution is 6.13. The van der Waals surface area contributed by atoms with Crippen LogP contribution in [0.5, 0.6) is 46.0 Å². The maximum Gasteiger partial charge on any atom is 0.255 e. The summed E-state index contributed by atoms with van der Waals surface area (Å²) in [5, 5.41) is 12.8. The number of carbonyl (C=O) groups excluding carboxylic acids is 4. The Hall–Kier alpha value is -13.4. The molecule has 0 unspecified atom stereocenters. The molecule has 0 fully saturated rings. The Kier molecular flexibility index (Phi) is 18.6. The zero-order valence-corrected chi connectivity index (χ0v) is 55.6. The highest BCUT2D eigenvalue weighted by Gasteiger charge is 2.26. The third-order valence-corrected chi connectivity index (χ3v) is 17.1. The van der Waals surface area contributed by atoms with Crippen molar-refractivity contribution in [1.29, 1.82) is 0 Å². The first kappa shape index (κ1) is 65.3. The van der Waals surface area contributed by atoms with Crippen molar-refractivity contribution in [1.82, 2.24) is 19.9 Å². The van der Waals surface area contributed by atoms with Gasteiger partial charge in [0.1, 0.15) is 0 Å². The largest absolute Gasteiger partial charge is 0.493 e. The van der Waals surface area contributed by atoms with Gasteiger partial charge in [0.15, 0.2) is 46.0 Å². The number of hydrogen-bond donors (Lipinski definition) is 6. The fourth-order valence-electron chi connectivity index (χ4n) is 12.3. The van der Waals surface area contributed by atoms with Crippen molar-refractivity contribution in [2.75, 3.05) is 78.1 Å². The van der Waals surface area contributed by atoms with Crippen LogP contribution in [-0.4, -0.2) is 100 Å². The van der Waals surface area contributed by atoms with Crippen molar-refractivity contribution >= 4 is 92.7 Å². The van der Waals surface area contributed by atoms with Crippen LogP contribution >= 0.6 is 0 Å². The Balaban J connectivity index is 1.09. The molecule has 0 atom stereocenters. The van der Waals surface area contributed by atoms with Gasteiger partial charge in [0.05, 0.1) is 79.7 Å². The van der Waals surface area contributed by atoms with E-state index in [4.69, 9.17) is 47.9 Å². The van der Waals surface area contributed by atoms with Gasteiger partial charge >= 0.3 is 0 Å². The number of nitrogens with zero attached hydrogens (tertiary/aromatic N) is 2. The quantitative estimate of drug-likeness (QED) is 0.0416. The molecule has 5 heterocycles. The summed E-state index contributed by atoms with van der Waals surface area (Å²) in [5.41, 5.74) is 12.0. The number of amides is 4. The maximum absolute atomic E-state index is 14.6. The fraction of sp³-hybridized carbons (Fsp3) is 0.100. The summed E-state index contributed by atoms with van der Waals surface area (Å²) < 4.78 is 44.5. The normalized spacial score (nSPS) is 11.3. The van der Waals surface area contributed by atoms with Crippen LogP contribution in [0.1, 0.15) is 64.2 Å². The van der Waals surface area contributed by atoms with Gasteiger partial charge in [-0.25, -0.2) is 9.97 Å². The predicted octanol–water partition coefficient (Wildman–Crippen LogP) is 16.4. The van der Waals surface area contributed by atoms with Crippen LogP contribution in [0.25, 0.3) is 90.9 Å². The minimum atomic E-state index is -0.421. The average molecular weight is 1330 g/mol. The highest BCUT2D eigenvalue weighted by atomic mass is 16.5. The van der Waals surface area contributed by atoms with E-state index < -0.39 is 23.6 Å². The number of rotatable bonds is 20. The minimum absolute atomic E-state index is 0.314. The molecule has 3 aromatic heterocycles. The Morgan fingerprint density at radius 1 is 0.270 bits per heavy atom. The number of aromatic nitrogens is 4. The minimum Gasteiger partial charge on any atom is -0.493 e. The molecule has 13 rings (SSSR count). The van der Waals surface area contributed by atoms with E-state index in [2.05, 4.69) is 31.2 Å². The topological polar surface area (TPSA) is 248 Å². The first-order chi connectivity index (χ1) is 48.8. The number of aromatic amines is 2. The standard InChI is InChI=1S/C80H66N8O12/c1-93-65-37-25-45(41-69(65)97-5)77(89)85-53-21-13-9-17-49(53)73-57-29-31-59(81-57)74(50-18-10-14-22-54(50)86-78(90)46-26-38-66(94-2)70(42-46)98-6)61-33-35-63(83-61)76(52-20-12-16-24-56(52)88-80(92)48-28-40-68(96-4)72(44-48)100-8)64-36-34-62(84-64)75(60-32-30-58(73)82-60)51-19-11-15-23-55(51)87-79(91)47-27-39-67(95-3)71(43-47)99-7/h9-44,81,84H,1-8H3,(H,85,89)(H,86,90)(H,87,91)(H,88,92). The van der Waals surface area contributed by atoms with E-state index in [0.717, 1.165) is 0 Å². The third-order valence-electron chi connectivity index (χ3n) is 17.1. The number of ether oxygens (including phenoxy) is 8. The van der Waals surface area contributed by atoms with Gasteiger partial charge in [-0.15, -0.1) is 0 Å². The van der Waals surface area contributed by atoms with Crippen LogP contribution in [0.4, 0.5) is 22.7 Å². The van der Waals surface area contributed by atoms with Gasteiger partial charge in [0.2, 0.25) is 0 Å². The number of hydrogen-bond acceptors (Lipinski definition) is 14. The molecule has 8 aromatic carbocycles. The smallest absolute Gasteiger partial charge is 0.255 e. The number of para-hydroxylation sites is 4. The van der Waals surface area contributed by atoms with E-state index in [1.807, 2.05) is 146 Å². The van der Waals surface area contributed by atoms with Gasteiger partial charge in [0.25, 0.3) is 23.6 Å². The number of carbonyl (C=O) groups is 4. The average Bonchev–Trinajstić information content (AvgIpc) is 1.60. The van der Waals surface area contributed by atoms with Gasteiger partial charge in [-0.2, -0.15) is 0 Å². The second kappa shape index (κ2) is 28.5. The lowest BCUT2D eigenvalue weighted by Crippen LogP contribution is -2.13. The zero-order chi connectivity index (χ0) is 69.6. The maximum atomic E-state index is 14.6. The van der Waals surface area contributed by atoms with Crippen LogP contribution in [-0.2, 0) is 0 Å². The van der Waals surface area contributed by atoms with Gasteiger partial charge in [-0.05, 0) is 146 Å². The molecule has 2 aliphatic heterocycles. The monoisotopic (exact) mass is 1330 g/mol. The van der Waals surface area contributed by atoms with Crippen molar-refractivity contribution in [3.63, 3.8) is 0 Å². The van der Waals surface area contributed by atoms with Gasteiger partial charge in [0, 0.05) is 112 Å². The van der Waals surface area contributed by atoms with E-state index in [9.17, 15) is 19.2 Å². The molecule has 11 aromatic rings. The van der Waals surface area contributed by atoms with Crippen molar-refractivity contribution in [2.45, 2.75) is 0 Å². The molecule has 4 amide bonds. The molecule has 6 N–H and O–H groups in total. The second-order valence-corrected chi connectivity index (χ2v) is 22.8. The molecule has 20 heteroatoms. The lowest BCUT2D eigenvalue weighted by atomic mass is 10.0. The number of anilines is 4. The van der Waals surface area contributed by atoms with Crippen LogP contribution in [0.3, 0.4) is 0 Å². The van der Waals surface area contributed by atoms with Gasteiger partial charge < -0.3 is 69.1 Å². The molecule has 0 saturated heterocycles.